The third kappa shape index (κ3) is 4.47. The van der Waals surface area contributed by atoms with Gasteiger partial charge in [0.1, 0.15) is 11.5 Å². The SMILES string of the molecule is c1ccc2c(c1)Oc1c(-c3nc(-c4ccc5ccccc5c4)nc(-c4ccc5ccccc5c4)n3)cccc1C21c2ccccc2-n2c3ccccc3c3cccc1c32. The van der Waals surface area contributed by atoms with Gasteiger partial charge < -0.3 is 9.30 Å². The lowest BCUT2D eigenvalue weighted by Gasteiger charge is -2.45. The smallest absolute Gasteiger partial charge is 0.167 e. The van der Waals surface area contributed by atoms with Crippen molar-refractivity contribution in [2.75, 3.05) is 0 Å². The van der Waals surface area contributed by atoms with Crippen LogP contribution in [0.4, 0.5) is 0 Å². The lowest BCUT2D eigenvalue weighted by Crippen LogP contribution is -2.38. The second-order valence-electron chi connectivity index (χ2n) is 15.5. The van der Waals surface area contributed by atoms with E-state index in [1.807, 2.05) is 0 Å². The summed E-state index contributed by atoms with van der Waals surface area (Å²) in [4.78, 5) is 15.8. The van der Waals surface area contributed by atoms with Gasteiger partial charge in [-0.3, -0.25) is 0 Å². The predicted molar refractivity (Wildman–Crippen MR) is 237 cm³/mol. The highest BCUT2D eigenvalue weighted by atomic mass is 16.5. The first-order valence-electron chi connectivity index (χ1n) is 20.0. The van der Waals surface area contributed by atoms with E-state index in [0.29, 0.717) is 17.5 Å². The van der Waals surface area contributed by atoms with Gasteiger partial charge in [-0.25, -0.2) is 15.0 Å². The fraction of sp³-hybridized carbons (Fsp3) is 0.0185. The summed E-state index contributed by atoms with van der Waals surface area (Å²) in [6, 6.07) is 69.0. The van der Waals surface area contributed by atoms with Crippen LogP contribution in [-0.4, -0.2) is 19.5 Å². The van der Waals surface area contributed by atoms with Gasteiger partial charge in [0.05, 0.1) is 27.7 Å². The van der Waals surface area contributed by atoms with Crippen LogP contribution in [0.25, 0.3) is 83.2 Å². The quantitative estimate of drug-likeness (QED) is 0.180. The van der Waals surface area contributed by atoms with Crippen LogP contribution in [0.1, 0.15) is 22.3 Å². The van der Waals surface area contributed by atoms with Crippen molar-refractivity contribution < 1.29 is 4.74 Å². The number of fused-ring (bicyclic) bond motifs is 13. The molecule has 0 fully saturated rings. The maximum Gasteiger partial charge on any atom is 0.167 e. The summed E-state index contributed by atoms with van der Waals surface area (Å²) in [6.45, 7) is 0. The standard InChI is InChI=1S/C54H32N4O/c1-3-15-35-31-37(29-27-33(35)13-1)51-55-52(38-30-28-34-14-2-4-16-36(34)32-38)57-53(56-51)41-19-12-23-45-50(41)59-48-26-10-7-21-43(48)54(45)42-20-6-9-25-47(42)58-46-24-8-5-17-39(46)40-18-11-22-44(54)49(40)58/h1-32H. The number of para-hydroxylation sites is 5. The zero-order valence-corrected chi connectivity index (χ0v) is 31.7. The Hall–Kier alpha value is -7.89. The van der Waals surface area contributed by atoms with E-state index in [2.05, 4.69) is 199 Å². The first kappa shape index (κ1) is 32.2. The van der Waals surface area contributed by atoms with Crippen LogP contribution in [0, 0.1) is 0 Å². The molecule has 0 bridgehead atoms. The molecule has 0 saturated carbocycles. The van der Waals surface area contributed by atoms with Crippen molar-refractivity contribution in [1.82, 2.24) is 19.5 Å². The molecule has 1 spiro atoms. The Labute approximate surface area is 339 Å². The molecule has 0 N–H and O–H groups in total. The van der Waals surface area contributed by atoms with Crippen LogP contribution in [0.5, 0.6) is 11.5 Å². The molecule has 1 atom stereocenters. The van der Waals surface area contributed by atoms with E-state index < -0.39 is 5.41 Å². The van der Waals surface area contributed by atoms with Gasteiger partial charge in [0.2, 0.25) is 0 Å². The van der Waals surface area contributed by atoms with Crippen molar-refractivity contribution in [3.05, 3.63) is 216 Å². The van der Waals surface area contributed by atoms with Crippen LogP contribution in [0.2, 0.25) is 0 Å². The number of benzene rings is 9. The fourth-order valence-electron chi connectivity index (χ4n) is 9.93. The van der Waals surface area contributed by atoms with Crippen molar-refractivity contribution in [3.63, 3.8) is 0 Å². The molecule has 2 aliphatic rings. The van der Waals surface area contributed by atoms with Gasteiger partial charge in [-0.1, -0.05) is 158 Å². The molecule has 2 aromatic heterocycles. The molecule has 2 aliphatic heterocycles. The number of rotatable bonds is 3. The van der Waals surface area contributed by atoms with E-state index in [1.54, 1.807) is 0 Å². The van der Waals surface area contributed by atoms with Gasteiger partial charge in [0, 0.05) is 33.0 Å². The Morgan fingerprint density at radius 3 is 1.73 bits per heavy atom. The van der Waals surface area contributed by atoms with Crippen LogP contribution < -0.4 is 4.74 Å². The maximum absolute atomic E-state index is 7.15. The van der Waals surface area contributed by atoms with Crippen molar-refractivity contribution >= 4 is 43.4 Å². The van der Waals surface area contributed by atoms with E-state index in [9.17, 15) is 0 Å². The van der Waals surface area contributed by atoms with Crippen LogP contribution in [0.3, 0.4) is 0 Å². The lowest BCUT2D eigenvalue weighted by molar-refractivity contribution is 0.435. The zero-order chi connectivity index (χ0) is 38.7. The zero-order valence-electron chi connectivity index (χ0n) is 31.7. The highest BCUT2D eigenvalue weighted by Crippen LogP contribution is 2.61. The maximum atomic E-state index is 7.15. The van der Waals surface area contributed by atoms with Gasteiger partial charge >= 0.3 is 0 Å². The van der Waals surface area contributed by atoms with Crippen LogP contribution >= 0.6 is 0 Å². The fourth-order valence-corrected chi connectivity index (χ4v) is 9.93. The molecule has 5 nitrogen and oxygen atoms in total. The monoisotopic (exact) mass is 752 g/mol. The van der Waals surface area contributed by atoms with Gasteiger partial charge in [-0.15, -0.1) is 0 Å². The molecule has 0 aliphatic carbocycles. The third-order valence-electron chi connectivity index (χ3n) is 12.5. The van der Waals surface area contributed by atoms with E-state index in [-0.39, 0.29) is 0 Å². The van der Waals surface area contributed by atoms with Gasteiger partial charge in [0.15, 0.2) is 17.5 Å². The van der Waals surface area contributed by atoms with Crippen LogP contribution in [-0.2, 0) is 5.41 Å². The summed E-state index contributed by atoms with van der Waals surface area (Å²) in [5.41, 5.74) is 10.0. The Kier molecular flexibility index (Phi) is 6.59. The highest BCUT2D eigenvalue weighted by Gasteiger charge is 2.50. The van der Waals surface area contributed by atoms with Crippen molar-refractivity contribution in [2.45, 2.75) is 5.41 Å². The lowest BCUT2D eigenvalue weighted by atomic mass is 9.61. The predicted octanol–water partition coefficient (Wildman–Crippen LogP) is 13.1. The topological polar surface area (TPSA) is 52.8 Å². The van der Waals surface area contributed by atoms with E-state index in [4.69, 9.17) is 19.7 Å². The van der Waals surface area contributed by atoms with Gasteiger partial charge in [-0.05, 0) is 69.1 Å². The molecule has 13 rings (SSSR count). The van der Waals surface area contributed by atoms with Crippen molar-refractivity contribution in [3.8, 4) is 51.3 Å². The average molecular weight is 753 g/mol. The largest absolute Gasteiger partial charge is 0.456 e. The Morgan fingerprint density at radius 1 is 0.407 bits per heavy atom. The van der Waals surface area contributed by atoms with E-state index >= 15 is 0 Å². The second-order valence-corrected chi connectivity index (χ2v) is 15.5. The molecule has 9 aromatic carbocycles. The Balaban J connectivity index is 1.11. The summed E-state index contributed by atoms with van der Waals surface area (Å²) in [5, 5.41) is 7.04. The molecular formula is C54H32N4O. The van der Waals surface area contributed by atoms with Gasteiger partial charge in [-0.2, -0.15) is 0 Å². The summed E-state index contributed by atoms with van der Waals surface area (Å²) in [6.07, 6.45) is 0. The first-order chi connectivity index (χ1) is 29.2. The number of nitrogens with zero attached hydrogens (tertiary/aromatic N) is 4. The van der Waals surface area contributed by atoms with Crippen LogP contribution in [0.15, 0.2) is 194 Å². The first-order valence-corrected chi connectivity index (χ1v) is 20.0. The Bertz CT molecular complexity index is 3470. The molecule has 5 heteroatoms. The molecular weight excluding hydrogens is 721 g/mol. The van der Waals surface area contributed by atoms with E-state index in [0.717, 1.165) is 66.5 Å². The minimum atomic E-state index is -0.712. The number of ether oxygens (including phenoxy) is 1. The molecule has 59 heavy (non-hydrogen) atoms. The van der Waals surface area contributed by atoms with Gasteiger partial charge in [0.25, 0.3) is 0 Å². The minimum Gasteiger partial charge on any atom is -0.456 e. The Morgan fingerprint density at radius 2 is 0.966 bits per heavy atom. The molecule has 274 valence electrons. The number of hydrogen-bond acceptors (Lipinski definition) is 4. The summed E-state index contributed by atoms with van der Waals surface area (Å²) in [5.74, 6) is 3.30. The average Bonchev–Trinajstić information content (AvgIpc) is 3.65. The van der Waals surface area contributed by atoms with Crippen molar-refractivity contribution in [2.24, 2.45) is 0 Å². The summed E-state index contributed by atoms with van der Waals surface area (Å²) in [7, 11) is 0. The molecule has 4 heterocycles. The van der Waals surface area contributed by atoms with Crippen molar-refractivity contribution in [1.29, 1.82) is 0 Å². The number of aromatic nitrogens is 4. The third-order valence-corrected chi connectivity index (χ3v) is 12.5. The molecule has 0 amide bonds. The summed E-state index contributed by atoms with van der Waals surface area (Å²) < 4.78 is 9.61. The highest BCUT2D eigenvalue weighted by molar-refractivity contribution is 6.12. The molecule has 0 radical (unpaired) electrons. The molecule has 11 aromatic rings. The van der Waals surface area contributed by atoms with E-state index in [1.165, 1.54) is 32.9 Å². The molecule has 0 saturated heterocycles. The normalized spacial score (nSPS) is 15.0. The second kappa shape index (κ2) is 12.1. The number of hydrogen-bond donors (Lipinski definition) is 0. The molecule has 1 unspecified atom stereocenters. The summed E-state index contributed by atoms with van der Waals surface area (Å²) >= 11 is 0. The minimum absolute atomic E-state index is 0.550.